The van der Waals surface area contributed by atoms with Crippen LogP contribution < -0.4 is 4.90 Å². The fraction of sp³-hybridized carbons (Fsp3) is 0.320. The van der Waals surface area contributed by atoms with Gasteiger partial charge in [-0.25, -0.2) is 4.39 Å². The molecule has 0 radical (unpaired) electrons. The molecule has 1 aliphatic rings. The fourth-order valence-electron chi connectivity index (χ4n) is 4.28. The van der Waals surface area contributed by atoms with Crippen LogP contribution in [0.3, 0.4) is 0 Å². The summed E-state index contributed by atoms with van der Waals surface area (Å²) in [7, 11) is 0. The minimum atomic E-state index is -0.305. The lowest BCUT2D eigenvalue weighted by Gasteiger charge is -2.32. The first-order valence-corrected chi connectivity index (χ1v) is 11.0. The van der Waals surface area contributed by atoms with Crippen LogP contribution in [0, 0.1) is 5.82 Å². The molecule has 2 aromatic carbocycles. The Hall–Kier alpha value is -3.48. The van der Waals surface area contributed by atoms with Gasteiger partial charge in [0.15, 0.2) is 0 Å². The van der Waals surface area contributed by atoms with Gasteiger partial charge in [-0.15, -0.1) is 0 Å². The van der Waals surface area contributed by atoms with E-state index in [2.05, 4.69) is 10.2 Å². The van der Waals surface area contributed by atoms with Crippen LogP contribution in [0.1, 0.15) is 47.3 Å². The quantitative estimate of drug-likeness (QED) is 0.633. The molecule has 6 nitrogen and oxygen atoms in total. The Morgan fingerprint density at radius 1 is 1.09 bits per heavy atom. The van der Waals surface area contributed by atoms with Gasteiger partial charge in [0.1, 0.15) is 5.82 Å². The number of benzene rings is 2. The van der Waals surface area contributed by atoms with Gasteiger partial charge < -0.3 is 9.80 Å². The van der Waals surface area contributed by atoms with Crippen molar-refractivity contribution < 1.29 is 14.0 Å². The lowest BCUT2D eigenvalue weighted by atomic mass is 9.90. The number of carbonyl (C=O) groups is 2. The molecule has 0 spiro atoms. The molecule has 4 rings (SSSR count). The van der Waals surface area contributed by atoms with E-state index >= 15 is 0 Å². The van der Waals surface area contributed by atoms with Gasteiger partial charge in [-0.05, 0) is 49.6 Å². The summed E-state index contributed by atoms with van der Waals surface area (Å²) in [4.78, 5) is 29.5. The van der Waals surface area contributed by atoms with E-state index in [4.69, 9.17) is 0 Å². The van der Waals surface area contributed by atoms with Crippen LogP contribution in [-0.2, 0) is 11.2 Å². The lowest BCUT2D eigenvalue weighted by Crippen LogP contribution is -2.39. The molecule has 32 heavy (non-hydrogen) atoms. The van der Waals surface area contributed by atoms with Gasteiger partial charge in [0.05, 0.1) is 23.9 Å². The van der Waals surface area contributed by atoms with Crippen molar-refractivity contribution in [3.05, 3.63) is 83.4 Å². The van der Waals surface area contributed by atoms with E-state index in [9.17, 15) is 14.0 Å². The zero-order valence-electron chi connectivity index (χ0n) is 18.1. The minimum absolute atomic E-state index is 0.0391. The topological polar surface area (TPSA) is 69.3 Å². The van der Waals surface area contributed by atoms with Crippen molar-refractivity contribution in [1.82, 2.24) is 15.1 Å². The summed E-state index contributed by atoms with van der Waals surface area (Å²) in [6.07, 6.45) is 3.39. The first-order chi connectivity index (χ1) is 15.6. The summed E-state index contributed by atoms with van der Waals surface area (Å²) in [5.41, 5.74) is 3.09. The van der Waals surface area contributed by atoms with Crippen LogP contribution in [0.2, 0.25) is 0 Å². The Balaban J connectivity index is 1.40. The molecular formula is C25H27FN4O2. The number of H-pyrrole nitrogens is 1. The standard InChI is InChI=1S/C25H27FN4O2/c1-2-30(21-6-4-3-5-7-21)25(32)22-17-27-28-24(22)19-12-14-29(15-13-19)23(31)16-18-8-10-20(26)11-9-18/h3-11,17,19H,2,12-16H2,1H3,(H,27,28). The number of piperidine rings is 1. The lowest BCUT2D eigenvalue weighted by molar-refractivity contribution is -0.131. The van der Waals surface area contributed by atoms with Crippen LogP contribution in [0.5, 0.6) is 0 Å². The van der Waals surface area contributed by atoms with Crippen molar-refractivity contribution >= 4 is 17.5 Å². The smallest absolute Gasteiger partial charge is 0.261 e. The normalized spacial score (nSPS) is 14.4. The minimum Gasteiger partial charge on any atom is -0.342 e. The number of para-hydroxylation sites is 1. The highest BCUT2D eigenvalue weighted by Gasteiger charge is 2.29. The number of hydrogen-bond donors (Lipinski definition) is 1. The number of anilines is 1. The molecule has 7 heteroatoms. The average Bonchev–Trinajstić information content (AvgIpc) is 3.32. The molecule has 166 valence electrons. The average molecular weight is 435 g/mol. The first kappa shape index (κ1) is 21.7. The van der Waals surface area contributed by atoms with E-state index in [1.54, 1.807) is 23.2 Å². The molecule has 0 aliphatic carbocycles. The number of aromatic nitrogens is 2. The Morgan fingerprint density at radius 3 is 2.44 bits per heavy atom. The Kier molecular flexibility index (Phi) is 6.63. The molecule has 2 heterocycles. The summed E-state index contributed by atoms with van der Waals surface area (Å²) in [6, 6.07) is 15.7. The molecule has 0 bridgehead atoms. The van der Waals surface area contributed by atoms with Gasteiger partial charge in [-0.3, -0.25) is 14.7 Å². The molecule has 2 amide bonds. The molecule has 1 N–H and O–H groups in total. The molecule has 3 aromatic rings. The van der Waals surface area contributed by atoms with E-state index in [1.807, 2.05) is 42.2 Å². The van der Waals surface area contributed by atoms with Crippen molar-refractivity contribution in [3.63, 3.8) is 0 Å². The van der Waals surface area contributed by atoms with Crippen LogP contribution in [0.15, 0.2) is 60.8 Å². The predicted octanol–water partition coefficient (Wildman–Crippen LogP) is 4.16. The van der Waals surface area contributed by atoms with E-state index in [0.29, 0.717) is 25.2 Å². The van der Waals surface area contributed by atoms with Gasteiger partial charge in [0.25, 0.3) is 5.91 Å². The highest BCUT2D eigenvalue weighted by atomic mass is 19.1. The van der Waals surface area contributed by atoms with Gasteiger partial charge in [-0.1, -0.05) is 30.3 Å². The van der Waals surface area contributed by atoms with Crippen molar-refractivity contribution in [3.8, 4) is 0 Å². The summed E-state index contributed by atoms with van der Waals surface area (Å²) in [6.45, 7) is 3.75. The maximum absolute atomic E-state index is 13.3. The number of likely N-dealkylation sites (tertiary alicyclic amines) is 1. The SMILES string of the molecule is CCN(C(=O)c1cn[nH]c1C1CCN(C(=O)Cc2ccc(F)cc2)CC1)c1ccccc1. The monoisotopic (exact) mass is 434 g/mol. The van der Waals surface area contributed by atoms with E-state index in [0.717, 1.165) is 29.8 Å². The van der Waals surface area contributed by atoms with Crippen LogP contribution >= 0.6 is 0 Å². The zero-order chi connectivity index (χ0) is 22.5. The first-order valence-electron chi connectivity index (χ1n) is 11.0. The maximum atomic E-state index is 13.3. The maximum Gasteiger partial charge on any atom is 0.261 e. The second kappa shape index (κ2) is 9.77. The number of amides is 2. The van der Waals surface area contributed by atoms with Crippen LogP contribution in [0.4, 0.5) is 10.1 Å². The van der Waals surface area contributed by atoms with Crippen molar-refractivity contribution in [2.45, 2.75) is 32.1 Å². The van der Waals surface area contributed by atoms with Gasteiger partial charge in [0.2, 0.25) is 5.91 Å². The molecular weight excluding hydrogens is 407 g/mol. The highest BCUT2D eigenvalue weighted by molar-refractivity contribution is 6.06. The van der Waals surface area contributed by atoms with E-state index < -0.39 is 0 Å². The molecule has 1 fully saturated rings. The van der Waals surface area contributed by atoms with Crippen LogP contribution in [-0.4, -0.2) is 46.5 Å². The van der Waals surface area contributed by atoms with E-state index in [-0.39, 0.29) is 30.0 Å². The number of aromatic amines is 1. The molecule has 1 aromatic heterocycles. The molecule has 1 aliphatic heterocycles. The van der Waals surface area contributed by atoms with E-state index in [1.165, 1.54) is 12.1 Å². The Bertz CT molecular complexity index is 1060. The number of carbonyl (C=O) groups excluding carboxylic acids is 2. The third-order valence-corrected chi connectivity index (χ3v) is 6.05. The highest BCUT2D eigenvalue weighted by Crippen LogP contribution is 2.30. The fourth-order valence-corrected chi connectivity index (χ4v) is 4.28. The summed E-state index contributed by atoms with van der Waals surface area (Å²) in [5, 5.41) is 7.20. The van der Waals surface area contributed by atoms with Crippen molar-refractivity contribution in [2.24, 2.45) is 0 Å². The van der Waals surface area contributed by atoms with Gasteiger partial charge in [-0.2, -0.15) is 5.10 Å². The predicted molar refractivity (Wildman–Crippen MR) is 121 cm³/mol. The zero-order valence-corrected chi connectivity index (χ0v) is 18.1. The summed E-state index contributed by atoms with van der Waals surface area (Å²) >= 11 is 0. The number of hydrogen-bond acceptors (Lipinski definition) is 3. The molecule has 0 unspecified atom stereocenters. The molecule has 0 saturated carbocycles. The van der Waals surface area contributed by atoms with Gasteiger partial charge >= 0.3 is 0 Å². The Labute approximate surface area is 187 Å². The Morgan fingerprint density at radius 2 is 1.78 bits per heavy atom. The summed E-state index contributed by atoms with van der Waals surface area (Å²) < 4.78 is 13.1. The number of halogens is 1. The summed E-state index contributed by atoms with van der Waals surface area (Å²) in [5.74, 6) is -0.198. The largest absolute Gasteiger partial charge is 0.342 e. The number of rotatable bonds is 6. The molecule has 1 saturated heterocycles. The van der Waals surface area contributed by atoms with Gasteiger partial charge in [0, 0.05) is 31.2 Å². The third kappa shape index (κ3) is 4.72. The second-order valence-electron chi connectivity index (χ2n) is 8.04. The second-order valence-corrected chi connectivity index (χ2v) is 8.04. The molecule has 0 atom stereocenters. The van der Waals surface area contributed by atoms with Crippen molar-refractivity contribution in [1.29, 1.82) is 0 Å². The third-order valence-electron chi connectivity index (χ3n) is 6.05. The van der Waals surface area contributed by atoms with Crippen molar-refractivity contribution in [2.75, 3.05) is 24.5 Å². The number of nitrogens with zero attached hydrogens (tertiary/aromatic N) is 3. The van der Waals surface area contributed by atoms with Crippen LogP contribution in [0.25, 0.3) is 0 Å². The number of nitrogens with one attached hydrogen (secondary N) is 1.